The molecule has 0 bridgehead atoms. The molecule has 3 aromatic rings. The molecule has 7 nitrogen and oxygen atoms in total. The molecular weight excluding hydrogens is 368 g/mol. The first-order chi connectivity index (χ1) is 14.2. The van der Waals surface area contributed by atoms with Crippen LogP contribution in [0.15, 0.2) is 51.6 Å². The van der Waals surface area contributed by atoms with Crippen LogP contribution in [-0.2, 0) is 11.2 Å². The molecule has 1 amide bonds. The maximum Gasteiger partial charge on any atom is 0.227 e. The van der Waals surface area contributed by atoms with Gasteiger partial charge in [-0.1, -0.05) is 35.0 Å². The summed E-state index contributed by atoms with van der Waals surface area (Å²) in [6, 6.07) is 11.9. The Balaban J connectivity index is 1.29. The molecule has 0 aliphatic carbocycles. The molecule has 29 heavy (non-hydrogen) atoms. The Bertz CT molecular complexity index is 912. The van der Waals surface area contributed by atoms with Crippen LogP contribution in [0.4, 0.5) is 0 Å². The van der Waals surface area contributed by atoms with E-state index >= 15 is 0 Å². The van der Waals surface area contributed by atoms with Crippen molar-refractivity contribution >= 4 is 5.91 Å². The van der Waals surface area contributed by atoms with E-state index in [9.17, 15) is 4.79 Å². The highest BCUT2D eigenvalue weighted by Crippen LogP contribution is 2.25. The van der Waals surface area contributed by atoms with Crippen LogP contribution in [0.1, 0.15) is 42.5 Å². The third kappa shape index (κ3) is 4.92. The Hall–Kier alpha value is -2.93. The van der Waals surface area contributed by atoms with E-state index in [-0.39, 0.29) is 11.9 Å². The quantitative estimate of drug-likeness (QED) is 0.629. The lowest BCUT2D eigenvalue weighted by molar-refractivity contribution is -0.121. The molecule has 0 radical (unpaired) electrons. The van der Waals surface area contributed by atoms with Gasteiger partial charge >= 0.3 is 0 Å². The number of aryl methyl sites for hydroxylation is 2. The van der Waals surface area contributed by atoms with Crippen molar-refractivity contribution in [3.63, 3.8) is 0 Å². The second-order valence-corrected chi connectivity index (χ2v) is 7.46. The number of nitrogens with one attached hydrogen (secondary N) is 1. The minimum absolute atomic E-state index is 0.0316. The minimum Gasteiger partial charge on any atom is -0.468 e. The van der Waals surface area contributed by atoms with Gasteiger partial charge in [0.05, 0.1) is 12.3 Å². The normalized spacial score (nSPS) is 15.5. The topological polar surface area (TPSA) is 84.4 Å². The summed E-state index contributed by atoms with van der Waals surface area (Å²) in [5, 5.41) is 7.05. The third-order valence-electron chi connectivity index (χ3n) is 5.29. The van der Waals surface area contributed by atoms with Crippen molar-refractivity contribution in [2.45, 2.75) is 38.6 Å². The van der Waals surface area contributed by atoms with Gasteiger partial charge in [-0.15, -0.1) is 0 Å². The fraction of sp³-hybridized carbons (Fsp3) is 0.409. The summed E-state index contributed by atoms with van der Waals surface area (Å²) in [6.07, 6.45) is 4.78. The first kappa shape index (κ1) is 19.4. The van der Waals surface area contributed by atoms with Crippen molar-refractivity contribution in [2.75, 3.05) is 19.6 Å². The van der Waals surface area contributed by atoms with E-state index in [0.717, 1.165) is 24.4 Å². The molecule has 1 fully saturated rings. The van der Waals surface area contributed by atoms with Crippen LogP contribution >= 0.6 is 0 Å². The molecule has 1 saturated heterocycles. The first-order valence-corrected chi connectivity index (χ1v) is 10.1. The van der Waals surface area contributed by atoms with Gasteiger partial charge in [-0.05, 0) is 45.0 Å². The lowest BCUT2D eigenvalue weighted by Crippen LogP contribution is -2.36. The molecule has 1 aliphatic heterocycles. The molecule has 2 aromatic heterocycles. The molecule has 1 N–H and O–H groups in total. The Morgan fingerprint density at radius 2 is 2.00 bits per heavy atom. The molecule has 1 aliphatic rings. The lowest BCUT2D eigenvalue weighted by Gasteiger charge is -2.25. The summed E-state index contributed by atoms with van der Waals surface area (Å²) in [5.41, 5.74) is 2.08. The summed E-state index contributed by atoms with van der Waals surface area (Å²) in [4.78, 5) is 19.1. The summed E-state index contributed by atoms with van der Waals surface area (Å²) in [7, 11) is 0. The number of likely N-dealkylation sites (tertiary alicyclic amines) is 1. The molecule has 1 unspecified atom stereocenters. The smallest absolute Gasteiger partial charge is 0.227 e. The molecule has 1 atom stereocenters. The number of aromatic nitrogens is 2. The average molecular weight is 394 g/mol. The summed E-state index contributed by atoms with van der Waals surface area (Å²) in [6.45, 7) is 4.63. The van der Waals surface area contributed by atoms with Gasteiger partial charge in [0, 0.05) is 24.9 Å². The number of rotatable bonds is 8. The molecular formula is C22H26N4O3. The molecule has 0 spiro atoms. The second-order valence-electron chi connectivity index (χ2n) is 7.46. The highest BCUT2D eigenvalue weighted by Gasteiger charge is 2.26. The number of hydrogen-bond acceptors (Lipinski definition) is 6. The van der Waals surface area contributed by atoms with Crippen LogP contribution in [0.5, 0.6) is 0 Å². The standard InChI is InChI=1S/C22H26N4O3/c1-16-6-8-17(9-7-16)22-24-21(29-25-22)11-10-20(27)23-15-18(19-5-4-14-28-19)26-12-2-3-13-26/h4-9,14,18H,2-3,10-13,15H2,1H3,(H,23,27). The van der Waals surface area contributed by atoms with E-state index in [0.29, 0.717) is 31.1 Å². The Morgan fingerprint density at radius 1 is 1.21 bits per heavy atom. The number of carbonyl (C=O) groups excluding carboxylic acids is 1. The van der Waals surface area contributed by atoms with Crippen molar-refractivity contribution in [2.24, 2.45) is 0 Å². The molecule has 152 valence electrons. The molecule has 7 heteroatoms. The number of furan rings is 1. The molecule has 3 heterocycles. The zero-order valence-corrected chi connectivity index (χ0v) is 16.6. The largest absolute Gasteiger partial charge is 0.468 e. The molecule has 4 rings (SSSR count). The van der Waals surface area contributed by atoms with E-state index in [4.69, 9.17) is 8.94 Å². The average Bonchev–Trinajstić information content (AvgIpc) is 3.50. The van der Waals surface area contributed by atoms with Crippen molar-refractivity contribution in [1.82, 2.24) is 20.4 Å². The van der Waals surface area contributed by atoms with E-state index < -0.39 is 0 Å². The van der Waals surface area contributed by atoms with E-state index in [1.54, 1.807) is 6.26 Å². The molecule has 1 aromatic carbocycles. The minimum atomic E-state index is -0.0316. The van der Waals surface area contributed by atoms with Crippen LogP contribution in [0.2, 0.25) is 0 Å². The van der Waals surface area contributed by atoms with Crippen molar-refractivity contribution in [3.05, 3.63) is 59.9 Å². The SMILES string of the molecule is Cc1ccc(-c2noc(CCC(=O)NCC(c3ccco3)N3CCCC3)n2)cc1. The van der Waals surface area contributed by atoms with E-state index in [1.165, 1.54) is 18.4 Å². The second kappa shape index (κ2) is 9.05. The molecule has 0 saturated carbocycles. The van der Waals surface area contributed by atoms with Crippen LogP contribution < -0.4 is 5.32 Å². The van der Waals surface area contributed by atoms with Crippen LogP contribution in [0.25, 0.3) is 11.4 Å². The van der Waals surface area contributed by atoms with Gasteiger partial charge in [-0.25, -0.2) is 0 Å². The Kier molecular flexibility index (Phi) is 6.05. The van der Waals surface area contributed by atoms with Crippen molar-refractivity contribution in [1.29, 1.82) is 0 Å². The van der Waals surface area contributed by atoms with Gasteiger partial charge < -0.3 is 14.3 Å². The number of nitrogens with zero attached hydrogens (tertiary/aromatic N) is 3. The summed E-state index contributed by atoms with van der Waals surface area (Å²) >= 11 is 0. The van der Waals surface area contributed by atoms with Gasteiger partial charge in [-0.2, -0.15) is 4.98 Å². The maximum absolute atomic E-state index is 12.4. The zero-order valence-electron chi connectivity index (χ0n) is 16.6. The Morgan fingerprint density at radius 3 is 2.72 bits per heavy atom. The first-order valence-electron chi connectivity index (χ1n) is 10.1. The predicted octanol–water partition coefficient (Wildman–Crippen LogP) is 3.52. The van der Waals surface area contributed by atoms with Gasteiger partial charge in [0.15, 0.2) is 0 Å². The Labute approximate surface area is 170 Å². The maximum atomic E-state index is 12.4. The number of amides is 1. The highest BCUT2D eigenvalue weighted by molar-refractivity contribution is 5.76. The van der Waals surface area contributed by atoms with Crippen LogP contribution in [-0.4, -0.2) is 40.6 Å². The number of carbonyl (C=O) groups is 1. The monoisotopic (exact) mass is 394 g/mol. The predicted molar refractivity (Wildman–Crippen MR) is 108 cm³/mol. The van der Waals surface area contributed by atoms with Gasteiger partial charge in [-0.3, -0.25) is 9.69 Å². The van der Waals surface area contributed by atoms with Crippen LogP contribution in [0.3, 0.4) is 0 Å². The van der Waals surface area contributed by atoms with Crippen molar-refractivity contribution < 1.29 is 13.7 Å². The number of hydrogen-bond donors (Lipinski definition) is 1. The fourth-order valence-corrected chi connectivity index (χ4v) is 3.64. The lowest BCUT2D eigenvalue weighted by atomic mass is 10.1. The van der Waals surface area contributed by atoms with E-state index in [1.807, 2.05) is 43.3 Å². The summed E-state index contributed by atoms with van der Waals surface area (Å²) in [5.74, 6) is 1.88. The number of benzene rings is 1. The summed E-state index contributed by atoms with van der Waals surface area (Å²) < 4.78 is 10.9. The highest BCUT2D eigenvalue weighted by atomic mass is 16.5. The van der Waals surface area contributed by atoms with Gasteiger partial charge in [0.1, 0.15) is 5.76 Å². The van der Waals surface area contributed by atoms with Crippen molar-refractivity contribution in [3.8, 4) is 11.4 Å². The fourth-order valence-electron chi connectivity index (χ4n) is 3.64. The zero-order chi connectivity index (χ0) is 20.1. The van der Waals surface area contributed by atoms with Gasteiger partial charge in [0.25, 0.3) is 0 Å². The van der Waals surface area contributed by atoms with E-state index in [2.05, 4.69) is 20.4 Å². The van der Waals surface area contributed by atoms with Crippen LogP contribution in [0, 0.1) is 6.92 Å². The van der Waals surface area contributed by atoms with Gasteiger partial charge in [0.2, 0.25) is 17.6 Å². The third-order valence-corrected chi connectivity index (χ3v) is 5.29.